The lowest BCUT2D eigenvalue weighted by molar-refractivity contribution is -0.126. The van der Waals surface area contributed by atoms with Crippen LogP contribution in [0, 0.1) is 35.5 Å². The number of nitrogens with two attached hydrogens (primary N) is 3. The SMILES string of the molecule is CCCC(CC(Cc1ccc(C(=O)NCCC[SiH]2OC3CCCCC4O[Si](CCCNC(=O)c5ccc(CC(CC(CCC)C(C)=O)C(N)=O)cc5)(OC)O[Si](CCCNC(=O)c5ccc(CC(CC(CCC)C(C)=O)C(N)=O)cc5)(OC34)O2)cc1)C(N)=O)C(C)=O. The number of carbonyl (C=O) groups is 9. The Morgan fingerprint density at radius 2 is 0.891 bits per heavy atom. The van der Waals surface area contributed by atoms with Crippen LogP contribution in [0.1, 0.15) is 192 Å². The molecule has 3 aromatic carbocycles. The second-order valence-electron chi connectivity index (χ2n) is 25.5. The van der Waals surface area contributed by atoms with Crippen molar-refractivity contribution in [3.8, 4) is 0 Å². The van der Waals surface area contributed by atoms with Crippen LogP contribution < -0.4 is 33.2 Å². The number of amides is 6. The number of ketones is 3. The van der Waals surface area contributed by atoms with E-state index in [0.717, 1.165) is 48.8 Å². The lowest BCUT2D eigenvalue weighted by atomic mass is 9.85. The number of nitrogens with one attached hydrogen (secondary N) is 3. The minimum absolute atomic E-state index is 0.0351. The minimum Gasteiger partial charge on any atom is -0.396 e. The topological polar surface area (TPSA) is 323 Å². The van der Waals surface area contributed by atoms with Crippen LogP contribution >= 0.6 is 0 Å². The average molecular weight is 1330 g/mol. The smallest absolute Gasteiger partial charge is 0.396 e. The van der Waals surface area contributed by atoms with E-state index in [1.165, 1.54) is 0 Å². The van der Waals surface area contributed by atoms with Crippen LogP contribution in [0.3, 0.4) is 0 Å². The third kappa shape index (κ3) is 22.8. The highest BCUT2D eigenvalue weighted by Crippen LogP contribution is 2.42. The number of fused-ring (bicyclic) bond motifs is 1. The van der Waals surface area contributed by atoms with E-state index in [2.05, 4.69) is 16.0 Å². The number of primary amides is 3. The van der Waals surface area contributed by atoms with E-state index >= 15 is 0 Å². The fourth-order valence-corrected chi connectivity index (χ4v) is 24.5. The highest BCUT2D eigenvalue weighted by Gasteiger charge is 2.62. The van der Waals surface area contributed by atoms with Gasteiger partial charge in [0.2, 0.25) is 17.7 Å². The molecule has 6 amide bonds. The van der Waals surface area contributed by atoms with Gasteiger partial charge in [-0.05, 0) is 170 Å². The number of hydrogen-bond acceptors (Lipinski definition) is 15. The van der Waals surface area contributed by atoms with Crippen molar-refractivity contribution >= 4 is 79.7 Å². The molecule has 12 atom stereocenters. The van der Waals surface area contributed by atoms with E-state index in [9.17, 15) is 43.2 Å². The van der Waals surface area contributed by atoms with Gasteiger partial charge in [-0.15, -0.1) is 0 Å². The Labute approximate surface area is 547 Å². The summed E-state index contributed by atoms with van der Waals surface area (Å²) in [5.74, 6) is -4.45. The summed E-state index contributed by atoms with van der Waals surface area (Å²) < 4.78 is 42.1. The van der Waals surface area contributed by atoms with Gasteiger partial charge in [0.25, 0.3) is 17.7 Å². The minimum atomic E-state index is -3.83. The molecule has 9 N–H and O–H groups in total. The predicted octanol–water partition coefficient (Wildman–Crippen LogP) is 8.10. The van der Waals surface area contributed by atoms with Crippen molar-refractivity contribution in [1.29, 1.82) is 0 Å². The zero-order valence-corrected chi connectivity index (χ0v) is 58.4. The van der Waals surface area contributed by atoms with Gasteiger partial charge in [-0.25, -0.2) is 0 Å². The molecule has 2 aliphatic heterocycles. The monoisotopic (exact) mass is 1330 g/mol. The van der Waals surface area contributed by atoms with Gasteiger partial charge >= 0.3 is 26.9 Å². The van der Waals surface area contributed by atoms with Crippen molar-refractivity contribution in [3.05, 3.63) is 106 Å². The first kappa shape index (κ1) is 74.9. The molecule has 12 unspecified atom stereocenters. The van der Waals surface area contributed by atoms with Crippen molar-refractivity contribution in [3.63, 3.8) is 0 Å². The number of carbonyl (C=O) groups excluding carboxylic acids is 9. The molecule has 3 aliphatic rings. The van der Waals surface area contributed by atoms with E-state index in [1.54, 1.807) is 88.5 Å². The van der Waals surface area contributed by atoms with Gasteiger partial charge < -0.3 is 59.1 Å². The molecule has 0 aromatic heterocycles. The first-order valence-electron chi connectivity index (χ1n) is 33.5. The van der Waals surface area contributed by atoms with Crippen LogP contribution in [0.2, 0.25) is 18.1 Å². The molecule has 0 spiro atoms. The molecule has 3 fully saturated rings. The summed E-state index contributed by atoms with van der Waals surface area (Å²) in [6.07, 6.45) is 9.79. The largest absolute Gasteiger partial charge is 0.493 e. The van der Waals surface area contributed by atoms with E-state index < -0.39 is 74.6 Å². The highest BCUT2D eigenvalue weighted by molar-refractivity contribution is 6.78. The summed E-state index contributed by atoms with van der Waals surface area (Å²) in [4.78, 5) is 115. The predicted molar refractivity (Wildman–Crippen MR) is 356 cm³/mol. The van der Waals surface area contributed by atoms with Crippen molar-refractivity contribution < 1.29 is 69.1 Å². The molecule has 506 valence electrons. The van der Waals surface area contributed by atoms with Crippen LogP contribution in [0.15, 0.2) is 72.8 Å². The molecular weight excluding hydrogens is 1230 g/mol. The normalized spacial score (nSPS) is 22.3. The Balaban J connectivity index is 1.14. The highest BCUT2D eigenvalue weighted by atomic mass is 28.5. The lowest BCUT2D eigenvalue weighted by Gasteiger charge is -2.36. The molecule has 1 aliphatic carbocycles. The average Bonchev–Trinajstić information content (AvgIpc) is 1.61. The molecule has 2 saturated heterocycles. The van der Waals surface area contributed by atoms with Crippen LogP contribution in [0.4, 0.5) is 0 Å². The second kappa shape index (κ2) is 37.1. The molecule has 92 heavy (non-hydrogen) atoms. The first-order chi connectivity index (χ1) is 44.0. The standard InChI is InChI=1S/C68H102N6O15Si3/c1-8-16-54(45(4)75)42-57(63(69)78)39-48-21-27-51(28-22-48)66(81)72-33-13-36-90-85-60-19-11-12-20-61-62(60)87-92(88-90,38-15-35-74-68(83)53-31-25-50(26-32-53)41-59(65(71)80)44-56(18-10-3)47(6)77)89-91(84-7,86-61)37-14-34-73-67(82)52-29-23-49(24-30-52)40-58(64(70)79)43-55(17-9-2)46(5)76/h21-32,54-62,90H,8-20,33-44H2,1-7H3,(H2,69,78)(H2,70,79)(H2,71,80)(H,72,81)(H,73,82)(H,74,83). The maximum Gasteiger partial charge on any atom is 0.493 e. The van der Waals surface area contributed by atoms with Gasteiger partial charge in [0, 0.05) is 91.0 Å². The van der Waals surface area contributed by atoms with E-state index in [0.29, 0.717) is 125 Å². The van der Waals surface area contributed by atoms with Crippen molar-refractivity contribution in [2.75, 3.05) is 26.7 Å². The van der Waals surface area contributed by atoms with E-state index in [1.807, 2.05) is 32.9 Å². The van der Waals surface area contributed by atoms with Gasteiger partial charge in [-0.3, -0.25) is 43.2 Å². The molecule has 3 aromatic rings. The second-order valence-corrected chi connectivity index (χ2v) is 33.6. The van der Waals surface area contributed by atoms with Gasteiger partial charge in [-0.2, -0.15) is 0 Å². The van der Waals surface area contributed by atoms with Crippen molar-refractivity contribution in [2.45, 2.75) is 200 Å². The Kier molecular flexibility index (Phi) is 30.2. The molecular formula is C68H102N6O15Si3. The Morgan fingerprint density at radius 1 is 0.522 bits per heavy atom. The lowest BCUT2D eigenvalue weighted by Crippen LogP contribution is -2.58. The zero-order chi connectivity index (χ0) is 67.0. The van der Waals surface area contributed by atoms with Crippen LogP contribution in [-0.4, -0.2) is 125 Å². The summed E-state index contributed by atoms with van der Waals surface area (Å²) in [7, 11) is -8.61. The maximum absolute atomic E-state index is 13.7. The third-order valence-corrected chi connectivity index (χ3v) is 28.7. The summed E-state index contributed by atoms with van der Waals surface area (Å²) in [5.41, 5.74) is 21.2. The van der Waals surface area contributed by atoms with Crippen molar-refractivity contribution in [1.82, 2.24) is 16.0 Å². The number of hydrogen-bond donors (Lipinski definition) is 6. The molecule has 6 rings (SSSR count). The van der Waals surface area contributed by atoms with Crippen LogP contribution in [-0.2, 0) is 74.0 Å². The number of Topliss-reactive ketones (excluding diaryl/α,β-unsaturated/α-hetero) is 3. The van der Waals surface area contributed by atoms with Gasteiger partial charge in [0.15, 0.2) is 0 Å². The summed E-state index contributed by atoms with van der Waals surface area (Å²) in [6.45, 7) is 11.5. The Morgan fingerprint density at radius 3 is 1.25 bits per heavy atom. The fraction of sp³-hybridized carbons (Fsp3) is 0.603. The van der Waals surface area contributed by atoms with Crippen LogP contribution in [0.5, 0.6) is 0 Å². The number of benzene rings is 3. The molecule has 2 bridgehead atoms. The summed E-state index contributed by atoms with van der Waals surface area (Å²) >= 11 is 0. The van der Waals surface area contributed by atoms with Gasteiger partial charge in [0.1, 0.15) is 17.3 Å². The van der Waals surface area contributed by atoms with Gasteiger partial charge in [0.05, 0.1) is 18.3 Å². The van der Waals surface area contributed by atoms with Crippen LogP contribution in [0.25, 0.3) is 0 Å². The van der Waals surface area contributed by atoms with E-state index in [4.69, 9.17) is 43.1 Å². The Hall–Kier alpha value is -6.10. The molecule has 1 saturated carbocycles. The number of rotatable bonds is 40. The fourth-order valence-electron chi connectivity index (χ4n) is 12.9. The summed E-state index contributed by atoms with van der Waals surface area (Å²) in [5, 5.41) is 9.14. The zero-order valence-electron chi connectivity index (χ0n) is 55.2. The first-order valence-corrected chi connectivity index (χ1v) is 39.1. The van der Waals surface area contributed by atoms with E-state index in [-0.39, 0.29) is 78.1 Å². The third-order valence-electron chi connectivity index (χ3n) is 18.3. The Bertz CT molecular complexity index is 2940. The van der Waals surface area contributed by atoms with Gasteiger partial charge in [-0.1, -0.05) is 89.3 Å². The van der Waals surface area contributed by atoms with Crippen molar-refractivity contribution in [2.24, 2.45) is 52.7 Å². The quantitative estimate of drug-likeness (QED) is 0.0231. The maximum atomic E-state index is 13.7. The molecule has 2 heterocycles. The summed E-state index contributed by atoms with van der Waals surface area (Å²) in [6, 6.07) is 22.2. The molecule has 24 heteroatoms. The molecule has 21 nitrogen and oxygen atoms in total. The molecule has 0 radical (unpaired) electrons.